The molecule has 0 unspecified atom stereocenters. The van der Waals surface area contributed by atoms with E-state index in [0.29, 0.717) is 0 Å². The van der Waals surface area contributed by atoms with Gasteiger partial charge < -0.3 is 20.4 Å². The van der Waals surface area contributed by atoms with Gasteiger partial charge in [0.15, 0.2) is 5.60 Å². The van der Waals surface area contributed by atoms with Crippen LogP contribution >= 0.6 is 0 Å². The molecule has 0 heterocycles. The van der Waals surface area contributed by atoms with Crippen LogP contribution < -0.4 is 0 Å². The van der Waals surface area contributed by atoms with Crippen molar-refractivity contribution >= 4 is 17.9 Å². The third-order valence-corrected chi connectivity index (χ3v) is 1.29. The molecule has 0 saturated carbocycles. The largest absolute Gasteiger partial charge is 0.481 e. The smallest absolute Gasteiger partial charge is 0.336 e. The zero-order valence-corrected chi connectivity index (χ0v) is 9.32. The second-order valence-electron chi connectivity index (χ2n) is 2.48. The van der Waals surface area contributed by atoms with Crippen molar-refractivity contribution in [3.63, 3.8) is 0 Å². The van der Waals surface area contributed by atoms with Crippen LogP contribution in [0.15, 0.2) is 0 Å². The fraction of sp³-hybridized carbons (Fsp3) is 0.500. The van der Waals surface area contributed by atoms with E-state index in [1.165, 1.54) is 0 Å². The Labute approximate surface area is 91.4 Å². The summed E-state index contributed by atoms with van der Waals surface area (Å²) in [7, 11) is 0. The van der Waals surface area contributed by atoms with Crippen LogP contribution in [-0.4, -0.2) is 43.9 Å². The monoisotopic (exact) mass is 384 g/mol. The molecule has 7 nitrogen and oxygen atoms in total. The minimum absolute atomic E-state index is 0. The predicted octanol–water partition coefficient (Wildman–Crippen LogP) is -1.25. The van der Waals surface area contributed by atoms with Gasteiger partial charge in [0.1, 0.15) is 0 Å². The van der Waals surface area contributed by atoms with Gasteiger partial charge in [0.25, 0.3) is 0 Å². The van der Waals surface area contributed by atoms with Gasteiger partial charge in [-0.3, -0.25) is 9.59 Å². The van der Waals surface area contributed by atoms with Crippen molar-refractivity contribution in [2.75, 3.05) is 0 Å². The Balaban J connectivity index is 0. The number of hydrogen-bond donors (Lipinski definition) is 4. The van der Waals surface area contributed by atoms with Crippen molar-refractivity contribution in [2.24, 2.45) is 0 Å². The molecule has 0 atom stereocenters. The maximum atomic E-state index is 10.3. The normalized spacial score (nSPS) is 10.1. The third-order valence-electron chi connectivity index (χ3n) is 1.29. The van der Waals surface area contributed by atoms with Gasteiger partial charge in [-0.1, -0.05) is 0 Å². The Morgan fingerprint density at radius 1 is 0.929 bits per heavy atom. The van der Waals surface area contributed by atoms with E-state index >= 15 is 0 Å². The second-order valence-corrected chi connectivity index (χ2v) is 2.48. The number of hydrogen-bond acceptors (Lipinski definition) is 4. The van der Waals surface area contributed by atoms with Crippen LogP contribution in [0.4, 0.5) is 0 Å². The van der Waals surface area contributed by atoms with Gasteiger partial charge in [0, 0.05) is 19.8 Å². The van der Waals surface area contributed by atoms with E-state index in [4.69, 9.17) is 20.4 Å². The molecule has 0 fully saturated rings. The molecule has 0 bridgehead atoms. The number of carboxylic acid groups (broad SMARTS) is 3. The van der Waals surface area contributed by atoms with Crippen LogP contribution in [-0.2, 0) is 34.2 Å². The molecule has 0 saturated heterocycles. The minimum Gasteiger partial charge on any atom is -0.481 e. The fourth-order valence-corrected chi connectivity index (χ4v) is 0.714. The molecule has 4 N–H and O–H groups in total. The number of carboxylic acids is 3. The Morgan fingerprint density at radius 2 is 1.21 bits per heavy atom. The molecule has 14 heavy (non-hydrogen) atoms. The number of rotatable bonds is 5. The van der Waals surface area contributed by atoms with Crippen LogP contribution in [0.3, 0.4) is 0 Å². The van der Waals surface area contributed by atoms with E-state index in [9.17, 15) is 14.4 Å². The van der Waals surface area contributed by atoms with E-state index in [0.717, 1.165) is 0 Å². The molecule has 0 aliphatic carbocycles. The SMILES string of the molecule is O=C(O)CC(O)(CC(=O)O)C(=O)O.[Os]. The summed E-state index contributed by atoms with van der Waals surface area (Å²) in [4.78, 5) is 30.5. The molecule has 0 aromatic carbocycles. The van der Waals surface area contributed by atoms with Crippen molar-refractivity contribution in [3.05, 3.63) is 0 Å². The number of carbonyl (C=O) groups is 3. The Kier molecular flexibility index (Phi) is 6.28. The van der Waals surface area contributed by atoms with Crippen LogP contribution in [0.2, 0.25) is 0 Å². The molecule has 82 valence electrons. The van der Waals surface area contributed by atoms with Crippen molar-refractivity contribution in [3.8, 4) is 0 Å². The Morgan fingerprint density at radius 3 is 1.36 bits per heavy atom. The predicted molar refractivity (Wildman–Crippen MR) is 37.1 cm³/mol. The molecular weight excluding hydrogens is 374 g/mol. The molecule has 0 aliphatic rings. The van der Waals surface area contributed by atoms with Crippen molar-refractivity contribution in [1.82, 2.24) is 0 Å². The van der Waals surface area contributed by atoms with Gasteiger partial charge in [-0.2, -0.15) is 0 Å². The molecule has 0 rings (SSSR count). The summed E-state index contributed by atoms with van der Waals surface area (Å²) in [5.41, 5.74) is -2.74. The van der Waals surface area contributed by atoms with Crippen LogP contribution in [0.25, 0.3) is 0 Å². The van der Waals surface area contributed by atoms with Crippen molar-refractivity contribution in [1.29, 1.82) is 0 Å². The standard InChI is InChI=1S/C6H8O7.Os/c7-3(8)1-6(13,5(11)12)2-4(9)10;/h13H,1-2H2,(H,7,8)(H,9,10)(H,11,12);. The molecule has 0 aromatic heterocycles. The first kappa shape index (κ1) is 15.5. The summed E-state index contributed by atoms with van der Waals surface area (Å²) in [6, 6.07) is 0. The van der Waals surface area contributed by atoms with Crippen molar-refractivity contribution in [2.45, 2.75) is 18.4 Å². The minimum atomic E-state index is -2.74. The molecule has 0 aromatic rings. The van der Waals surface area contributed by atoms with E-state index in [-0.39, 0.29) is 19.8 Å². The average Bonchev–Trinajstić information content (AvgIpc) is 1.82. The van der Waals surface area contributed by atoms with Gasteiger partial charge in [0.2, 0.25) is 0 Å². The fourth-order valence-electron chi connectivity index (χ4n) is 0.714. The average molecular weight is 382 g/mol. The maximum absolute atomic E-state index is 10.3. The summed E-state index contributed by atoms with van der Waals surface area (Å²) < 4.78 is 0. The summed E-state index contributed by atoms with van der Waals surface area (Å²) in [5, 5.41) is 33.8. The molecular formula is C6H8O7Os. The Hall–Kier alpha value is -0.994. The quantitative estimate of drug-likeness (QED) is 0.467. The van der Waals surface area contributed by atoms with Gasteiger partial charge >= 0.3 is 17.9 Å². The van der Waals surface area contributed by atoms with Gasteiger partial charge in [-0.15, -0.1) is 0 Å². The zero-order chi connectivity index (χ0) is 10.6. The maximum Gasteiger partial charge on any atom is 0.336 e. The number of aliphatic hydroxyl groups is 1. The summed E-state index contributed by atoms with van der Waals surface area (Å²) in [6.45, 7) is 0. The van der Waals surface area contributed by atoms with Crippen LogP contribution in [0.5, 0.6) is 0 Å². The Bertz CT molecular complexity index is 233. The van der Waals surface area contributed by atoms with Crippen LogP contribution in [0.1, 0.15) is 12.8 Å². The van der Waals surface area contributed by atoms with E-state index in [2.05, 4.69) is 0 Å². The summed E-state index contributed by atoms with van der Waals surface area (Å²) in [5.74, 6) is -5.02. The van der Waals surface area contributed by atoms with Gasteiger partial charge in [-0.25, -0.2) is 4.79 Å². The molecule has 0 aliphatic heterocycles. The first-order valence-electron chi connectivity index (χ1n) is 3.17. The number of aliphatic carboxylic acids is 3. The molecule has 0 spiro atoms. The van der Waals surface area contributed by atoms with Crippen molar-refractivity contribution < 1.29 is 54.6 Å². The third kappa shape index (κ3) is 4.89. The summed E-state index contributed by atoms with van der Waals surface area (Å²) >= 11 is 0. The second kappa shape index (κ2) is 5.68. The molecule has 0 radical (unpaired) electrons. The van der Waals surface area contributed by atoms with E-state index in [1.54, 1.807) is 0 Å². The van der Waals surface area contributed by atoms with Crippen LogP contribution in [0, 0.1) is 0 Å². The summed E-state index contributed by atoms with van der Waals surface area (Å²) in [6.07, 6.45) is -2.29. The van der Waals surface area contributed by atoms with E-state index < -0.39 is 36.4 Å². The molecule has 8 heteroatoms. The molecule has 0 amide bonds. The van der Waals surface area contributed by atoms with Gasteiger partial charge in [-0.05, 0) is 0 Å². The topological polar surface area (TPSA) is 132 Å². The van der Waals surface area contributed by atoms with E-state index in [1.807, 2.05) is 0 Å². The first-order valence-corrected chi connectivity index (χ1v) is 3.17. The van der Waals surface area contributed by atoms with Gasteiger partial charge in [0.05, 0.1) is 12.8 Å². The first-order chi connectivity index (χ1) is 5.78. The zero-order valence-electron chi connectivity index (χ0n) is 6.78.